The van der Waals surface area contributed by atoms with Crippen LogP contribution in [0.2, 0.25) is 0 Å². The summed E-state index contributed by atoms with van der Waals surface area (Å²) < 4.78 is 17.4. The molecule has 0 aromatic heterocycles. The fourth-order valence-electron chi connectivity index (χ4n) is 4.87. The quantitative estimate of drug-likeness (QED) is 0.0825. The highest BCUT2D eigenvalue weighted by Gasteiger charge is 2.23. The molecule has 1 aliphatic heterocycles. The normalized spacial score (nSPS) is 11.2. The fraction of sp³-hybridized carbons (Fsp3) is 0.258. The van der Waals surface area contributed by atoms with E-state index >= 15 is 0 Å². The number of nitrogens with zero attached hydrogens (tertiary/aromatic N) is 2. The van der Waals surface area contributed by atoms with Crippen LogP contribution in [0.25, 0.3) is 33.4 Å². The van der Waals surface area contributed by atoms with Crippen LogP contribution in [0.15, 0.2) is 63.8 Å². The lowest BCUT2D eigenvalue weighted by Gasteiger charge is -2.25. The lowest BCUT2D eigenvalue weighted by molar-refractivity contribution is -0.142. The van der Waals surface area contributed by atoms with Crippen molar-refractivity contribution in [3.8, 4) is 33.9 Å². The molecule has 0 radical (unpaired) electrons. The smallest absolute Gasteiger partial charge is 0.323 e. The summed E-state index contributed by atoms with van der Waals surface area (Å²) in [6.45, 7) is -2.40. The van der Waals surface area contributed by atoms with E-state index in [9.17, 15) is 39.3 Å². The lowest BCUT2D eigenvalue weighted by atomic mass is 9.93. The van der Waals surface area contributed by atoms with Crippen molar-refractivity contribution in [2.75, 3.05) is 57.4 Å². The molecule has 46 heavy (non-hydrogen) atoms. The number of rotatable bonds is 17. The van der Waals surface area contributed by atoms with Crippen LogP contribution in [0, 0.1) is 0 Å². The first kappa shape index (κ1) is 33.2. The predicted octanol–water partition coefficient (Wildman–Crippen LogP) is 2.11. The number of anilines is 1. The molecule has 2 aromatic rings. The number of phenols is 1. The van der Waals surface area contributed by atoms with Crippen LogP contribution in [0.5, 0.6) is 11.5 Å². The second kappa shape index (κ2) is 14.9. The highest BCUT2D eigenvalue weighted by molar-refractivity contribution is 6.02. The third-order valence-corrected chi connectivity index (χ3v) is 6.67. The molecule has 0 fully saturated rings. The first-order chi connectivity index (χ1) is 21.9. The van der Waals surface area contributed by atoms with E-state index in [4.69, 9.17) is 24.1 Å². The Kier molecular flexibility index (Phi) is 10.7. The Morgan fingerprint density at radius 1 is 0.739 bits per heavy atom. The second-order valence-electron chi connectivity index (χ2n) is 10.1. The molecule has 1 aliphatic carbocycles. The van der Waals surface area contributed by atoms with E-state index in [2.05, 4.69) is 0 Å². The number of aromatic hydroxyl groups is 1. The molecule has 0 saturated carbocycles. The number of aliphatic carboxylic acids is 4. The largest absolute Gasteiger partial charge is 0.508 e. The number of carboxylic acids is 4. The molecule has 0 unspecified atom stereocenters. The summed E-state index contributed by atoms with van der Waals surface area (Å²) in [6, 6.07) is 13.5. The number of phenolic OH excluding ortho intramolecular Hbond substituents is 1. The fourth-order valence-corrected chi connectivity index (χ4v) is 4.87. The molecule has 242 valence electrons. The number of carbonyl (C=O) groups is 4. The lowest BCUT2D eigenvalue weighted by Crippen LogP contribution is -2.37. The van der Waals surface area contributed by atoms with Crippen LogP contribution >= 0.6 is 0 Å². The molecule has 5 N–H and O–H groups in total. The first-order valence-electron chi connectivity index (χ1n) is 13.8. The maximum absolute atomic E-state index is 12.1. The standard InChI is InChI=1S/C31H30N2O13/c34-19-2-4-21-24(12-19)46-25-13-20(35)3-5-22(25)31(21)18-1-6-23(33(16-29(40)41)17-30(42)43)26(11-18)45-10-9-44-8-7-32(14-27(36)37)15-28(38)39/h1-6,11-13,34H,7-10,14-17H2,(H,36,37)(H,38,39)(H,40,41)(H,42,43). The van der Waals surface area contributed by atoms with Crippen LogP contribution in [-0.4, -0.2) is 107 Å². The maximum Gasteiger partial charge on any atom is 0.323 e. The average molecular weight is 639 g/mol. The van der Waals surface area contributed by atoms with Crippen molar-refractivity contribution < 1.29 is 58.6 Å². The second-order valence-corrected chi connectivity index (χ2v) is 10.1. The van der Waals surface area contributed by atoms with Gasteiger partial charge in [0.1, 0.15) is 42.5 Å². The molecule has 2 aromatic carbocycles. The van der Waals surface area contributed by atoms with E-state index in [1.54, 1.807) is 24.3 Å². The Hall–Kier alpha value is -5.67. The summed E-state index contributed by atoms with van der Waals surface area (Å²) in [7, 11) is 0. The SMILES string of the molecule is O=C(O)CN(CCOCCOc1cc(-c2c3ccc(=O)cc-3oc3cc(O)ccc23)ccc1N(CC(=O)O)CC(=O)O)CC(=O)O. The van der Waals surface area contributed by atoms with Gasteiger partial charge >= 0.3 is 23.9 Å². The minimum absolute atomic E-state index is 0.0129. The van der Waals surface area contributed by atoms with Gasteiger partial charge in [0.25, 0.3) is 0 Å². The van der Waals surface area contributed by atoms with Crippen LogP contribution in [0.1, 0.15) is 0 Å². The molecule has 0 atom stereocenters. The van der Waals surface area contributed by atoms with E-state index < -0.39 is 50.1 Å². The zero-order chi connectivity index (χ0) is 33.4. The summed E-state index contributed by atoms with van der Waals surface area (Å²) in [5, 5.41) is 47.5. The zero-order valence-corrected chi connectivity index (χ0v) is 24.2. The number of ether oxygens (including phenoxy) is 2. The molecule has 4 rings (SSSR count). The highest BCUT2D eigenvalue weighted by atomic mass is 16.5. The Labute approximate surface area is 260 Å². The summed E-state index contributed by atoms with van der Waals surface area (Å²) in [5.41, 5.74) is 1.85. The summed E-state index contributed by atoms with van der Waals surface area (Å²) in [5.74, 6) is -4.64. The molecule has 0 spiro atoms. The van der Waals surface area contributed by atoms with Gasteiger partial charge in [-0.05, 0) is 42.0 Å². The Balaban J connectivity index is 1.67. The molecule has 15 heteroatoms. The van der Waals surface area contributed by atoms with E-state index in [1.807, 2.05) is 0 Å². The minimum atomic E-state index is -1.28. The number of hydrogen-bond donors (Lipinski definition) is 5. The van der Waals surface area contributed by atoms with Gasteiger partial charge < -0.3 is 44.3 Å². The van der Waals surface area contributed by atoms with Crippen molar-refractivity contribution in [1.82, 2.24) is 4.90 Å². The van der Waals surface area contributed by atoms with Gasteiger partial charge in [0.05, 0.1) is 32.0 Å². The van der Waals surface area contributed by atoms with E-state index in [1.165, 1.54) is 35.2 Å². The Morgan fingerprint density at radius 2 is 1.41 bits per heavy atom. The average Bonchev–Trinajstić information content (AvgIpc) is 2.96. The number of carboxylic acid groups (broad SMARTS) is 4. The van der Waals surface area contributed by atoms with E-state index in [-0.39, 0.29) is 60.3 Å². The monoisotopic (exact) mass is 638 g/mol. The molecular weight excluding hydrogens is 608 g/mol. The van der Waals surface area contributed by atoms with Gasteiger partial charge in [-0.2, -0.15) is 0 Å². The first-order valence-corrected chi connectivity index (χ1v) is 13.8. The van der Waals surface area contributed by atoms with Gasteiger partial charge in [-0.15, -0.1) is 0 Å². The number of hydrogen-bond acceptors (Lipinski definition) is 11. The summed E-state index contributed by atoms with van der Waals surface area (Å²) in [6.07, 6.45) is 0. The van der Waals surface area contributed by atoms with E-state index in [0.29, 0.717) is 22.1 Å². The molecule has 0 bridgehead atoms. The Bertz CT molecular complexity index is 1750. The van der Waals surface area contributed by atoms with E-state index in [0.717, 1.165) is 4.90 Å². The van der Waals surface area contributed by atoms with Crippen LogP contribution in [0.3, 0.4) is 0 Å². The topological polar surface area (TPSA) is 225 Å². The van der Waals surface area contributed by atoms with Crippen molar-refractivity contribution in [1.29, 1.82) is 0 Å². The van der Waals surface area contributed by atoms with Gasteiger partial charge in [0.15, 0.2) is 5.43 Å². The Morgan fingerprint density at radius 3 is 2.07 bits per heavy atom. The van der Waals surface area contributed by atoms with Crippen molar-refractivity contribution in [2.24, 2.45) is 0 Å². The van der Waals surface area contributed by atoms with Crippen molar-refractivity contribution in [3.05, 3.63) is 64.8 Å². The number of benzene rings is 3. The summed E-state index contributed by atoms with van der Waals surface area (Å²) in [4.78, 5) is 59.6. The highest BCUT2D eigenvalue weighted by Crippen LogP contribution is 2.43. The van der Waals surface area contributed by atoms with Gasteiger partial charge in [0, 0.05) is 35.2 Å². The van der Waals surface area contributed by atoms with Crippen molar-refractivity contribution in [3.63, 3.8) is 0 Å². The number of fused-ring (bicyclic) bond motifs is 2. The zero-order valence-electron chi connectivity index (χ0n) is 24.2. The molecule has 0 amide bonds. The summed E-state index contributed by atoms with van der Waals surface area (Å²) >= 11 is 0. The minimum Gasteiger partial charge on any atom is -0.508 e. The van der Waals surface area contributed by atoms with Crippen LogP contribution < -0.4 is 15.1 Å². The van der Waals surface area contributed by atoms with Gasteiger partial charge in [-0.3, -0.25) is 28.9 Å². The molecular formula is C31H30N2O13. The van der Waals surface area contributed by atoms with Crippen molar-refractivity contribution >= 4 is 40.5 Å². The third-order valence-electron chi connectivity index (χ3n) is 6.67. The van der Waals surface area contributed by atoms with Crippen LogP contribution in [-0.2, 0) is 23.9 Å². The third kappa shape index (κ3) is 8.71. The molecule has 2 aliphatic rings. The predicted molar refractivity (Wildman–Crippen MR) is 162 cm³/mol. The van der Waals surface area contributed by atoms with Crippen LogP contribution in [0.4, 0.5) is 5.69 Å². The van der Waals surface area contributed by atoms with Gasteiger partial charge in [-0.25, -0.2) is 0 Å². The van der Waals surface area contributed by atoms with Crippen molar-refractivity contribution in [2.45, 2.75) is 0 Å². The maximum atomic E-state index is 12.1. The van der Waals surface area contributed by atoms with Gasteiger partial charge in [-0.1, -0.05) is 6.07 Å². The molecule has 1 heterocycles. The van der Waals surface area contributed by atoms with Gasteiger partial charge in [0.2, 0.25) is 0 Å². The molecule has 15 nitrogen and oxygen atoms in total. The molecule has 0 saturated heterocycles.